The Morgan fingerprint density at radius 3 is 2.33 bits per heavy atom. The lowest BCUT2D eigenvalue weighted by atomic mass is 9.82. The molecular formula is C24H22N2O4. The van der Waals surface area contributed by atoms with Crippen molar-refractivity contribution in [2.45, 2.75) is 26.7 Å². The average molecular weight is 402 g/mol. The summed E-state index contributed by atoms with van der Waals surface area (Å²) in [4.78, 5) is 51.6. The maximum absolute atomic E-state index is 13.0. The summed E-state index contributed by atoms with van der Waals surface area (Å²) in [5, 5.41) is 2.78. The minimum Gasteiger partial charge on any atom is -0.322 e. The number of nitrogens with one attached hydrogen (secondary N) is 1. The van der Waals surface area contributed by atoms with Crippen LogP contribution in [0.1, 0.15) is 47.4 Å². The van der Waals surface area contributed by atoms with E-state index in [-0.39, 0.29) is 35.0 Å². The SMILES string of the molecule is CC(=O)c1ccc(NC(=O)c2ccccc2N2C(=O)[C@H]3CC(C)=CC[C@H]3C2=O)cc1. The monoisotopic (exact) mass is 402 g/mol. The summed E-state index contributed by atoms with van der Waals surface area (Å²) in [6, 6.07) is 13.2. The number of rotatable bonds is 4. The highest BCUT2D eigenvalue weighted by atomic mass is 16.2. The summed E-state index contributed by atoms with van der Waals surface area (Å²) in [5.41, 5.74) is 2.73. The highest BCUT2D eigenvalue weighted by molar-refractivity contribution is 6.25. The topological polar surface area (TPSA) is 83.6 Å². The van der Waals surface area contributed by atoms with Gasteiger partial charge in [-0.25, -0.2) is 4.90 Å². The Balaban J connectivity index is 1.61. The molecule has 2 aromatic carbocycles. The number of imide groups is 1. The molecule has 0 saturated carbocycles. The molecule has 3 amide bonds. The lowest BCUT2D eigenvalue weighted by Gasteiger charge is -2.19. The van der Waals surface area contributed by atoms with Crippen molar-refractivity contribution in [2.75, 3.05) is 10.2 Å². The van der Waals surface area contributed by atoms with Crippen LogP contribution in [0.5, 0.6) is 0 Å². The van der Waals surface area contributed by atoms with E-state index in [2.05, 4.69) is 5.32 Å². The number of nitrogens with zero attached hydrogens (tertiary/aromatic N) is 1. The first kappa shape index (κ1) is 19.8. The van der Waals surface area contributed by atoms with Gasteiger partial charge in [-0.2, -0.15) is 0 Å². The van der Waals surface area contributed by atoms with Crippen molar-refractivity contribution in [3.8, 4) is 0 Å². The second kappa shape index (κ2) is 7.71. The number of Topliss-reactive ketones (excluding diaryl/α,β-unsaturated/α-hetero) is 1. The number of anilines is 2. The first-order chi connectivity index (χ1) is 14.4. The zero-order valence-corrected chi connectivity index (χ0v) is 16.8. The van der Waals surface area contributed by atoms with E-state index in [0.29, 0.717) is 29.8 Å². The average Bonchev–Trinajstić information content (AvgIpc) is 2.98. The van der Waals surface area contributed by atoms with Crippen LogP contribution in [0.25, 0.3) is 0 Å². The number of fused-ring (bicyclic) bond motifs is 1. The van der Waals surface area contributed by atoms with Gasteiger partial charge in [0.2, 0.25) is 11.8 Å². The number of ketones is 1. The standard InChI is InChI=1S/C24H22N2O4/c1-14-7-12-18-20(13-14)24(30)26(23(18)29)21-6-4-3-5-19(21)22(28)25-17-10-8-16(9-11-17)15(2)27/h3-11,18,20H,12-13H2,1-2H3,(H,25,28)/t18-,20+/m1/s1. The largest absolute Gasteiger partial charge is 0.322 e. The van der Waals surface area contributed by atoms with E-state index in [9.17, 15) is 19.2 Å². The maximum Gasteiger partial charge on any atom is 0.257 e. The van der Waals surface area contributed by atoms with E-state index in [4.69, 9.17) is 0 Å². The fraction of sp³-hybridized carbons (Fsp3) is 0.250. The molecule has 1 heterocycles. The Kier molecular flexibility index (Phi) is 5.08. The molecule has 2 aliphatic rings. The molecule has 1 aliphatic carbocycles. The van der Waals surface area contributed by atoms with Crippen LogP contribution in [0.2, 0.25) is 0 Å². The first-order valence-corrected chi connectivity index (χ1v) is 9.91. The Bertz CT molecular complexity index is 1080. The molecule has 6 nitrogen and oxygen atoms in total. The predicted molar refractivity (Wildman–Crippen MR) is 113 cm³/mol. The third kappa shape index (κ3) is 3.45. The first-order valence-electron chi connectivity index (χ1n) is 9.91. The van der Waals surface area contributed by atoms with Crippen molar-refractivity contribution in [1.82, 2.24) is 0 Å². The van der Waals surface area contributed by atoms with Gasteiger partial charge in [-0.05, 0) is 63.1 Å². The Morgan fingerprint density at radius 2 is 1.63 bits per heavy atom. The quantitative estimate of drug-likeness (QED) is 0.476. The highest BCUT2D eigenvalue weighted by Crippen LogP contribution is 2.40. The van der Waals surface area contributed by atoms with E-state index in [1.165, 1.54) is 11.8 Å². The van der Waals surface area contributed by atoms with Crippen LogP contribution < -0.4 is 10.2 Å². The van der Waals surface area contributed by atoms with E-state index in [1.54, 1.807) is 48.5 Å². The second-order valence-corrected chi connectivity index (χ2v) is 7.82. The van der Waals surface area contributed by atoms with Crippen molar-refractivity contribution >= 4 is 34.9 Å². The number of benzene rings is 2. The molecule has 1 saturated heterocycles. The van der Waals surface area contributed by atoms with Crippen LogP contribution in [-0.4, -0.2) is 23.5 Å². The molecule has 6 heteroatoms. The number of para-hydroxylation sites is 1. The number of carbonyl (C=O) groups excluding carboxylic acids is 4. The molecular weight excluding hydrogens is 380 g/mol. The Morgan fingerprint density at radius 1 is 0.967 bits per heavy atom. The summed E-state index contributed by atoms with van der Waals surface area (Å²) in [6.07, 6.45) is 3.14. The van der Waals surface area contributed by atoms with Crippen molar-refractivity contribution in [1.29, 1.82) is 0 Å². The number of hydrogen-bond acceptors (Lipinski definition) is 4. The van der Waals surface area contributed by atoms with E-state index < -0.39 is 5.91 Å². The van der Waals surface area contributed by atoms with Crippen molar-refractivity contribution < 1.29 is 19.2 Å². The van der Waals surface area contributed by atoms with Crippen LogP contribution in [-0.2, 0) is 9.59 Å². The number of allylic oxidation sites excluding steroid dienone is 2. The third-order valence-corrected chi connectivity index (χ3v) is 5.76. The molecule has 0 radical (unpaired) electrons. The van der Waals surface area contributed by atoms with Crippen LogP contribution in [0.15, 0.2) is 60.2 Å². The van der Waals surface area contributed by atoms with Gasteiger partial charge in [0.25, 0.3) is 5.91 Å². The van der Waals surface area contributed by atoms with Gasteiger partial charge in [-0.1, -0.05) is 23.8 Å². The van der Waals surface area contributed by atoms with Gasteiger partial charge < -0.3 is 5.32 Å². The molecule has 0 unspecified atom stereocenters. The van der Waals surface area contributed by atoms with Gasteiger partial charge in [-0.3, -0.25) is 19.2 Å². The smallest absolute Gasteiger partial charge is 0.257 e. The van der Waals surface area contributed by atoms with Crippen LogP contribution in [0.3, 0.4) is 0 Å². The molecule has 2 aromatic rings. The van der Waals surface area contributed by atoms with Crippen molar-refractivity contribution in [3.63, 3.8) is 0 Å². The molecule has 0 spiro atoms. The lowest BCUT2D eigenvalue weighted by Crippen LogP contribution is -2.33. The maximum atomic E-state index is 13.0. The zero-order valence-electron chi connectivity index (χ0n) is 16.8. The highest BCUT2D eigenvalue weighted by Gasteiger charge is 2.49. The van der Waals surface area contributed by atoms with Gasteiger partial charge in [0.05, 0.1) is 23.1 Å². The summed E-state index contributed by atoms with van der Waals surface area (Å²) < 4.78 is 0. The Hall–Kier alpha value is -3.54. The molecule has 1 aliphatic heterocycles. The van der Waals surface area contributed by atoms with Crippen LogP contribution >= 0.6 is 0 Å². The molecule has 0 aromatic heterocycles. The second-order valence-electron chi connectivity index (χ2n) is 7.82. The van der Waals surface area contributed by atoms with Crippen LogP contribution in [0, 0.1) is 11.8 Å². The number of carbonyl (C=O) groups is 4. The summed E-state index contributed by atoms with van der Waals surface area (Å²) in [6.45, 7) is 3.44. The van der Waals surface area contributed by atoms with Gasteiger partial charge in [0.15, 0.2) is 5.78 Å². The van der Waals surface area contributed by atoms with Crippen molar-refractivity contribution in [3.05, 3.63) is 71.3 Å². The third-order valence-electron chi connectivity index (χ3n) is 5.76. The summed E-state index contributed by atoms with van der Waals surface area (Å²) >= 11 is 0. The Labute approximate surface area is 174 Å². The normalized spacial score (nSPS) is 20.6. The molecule has 1 fully saturated rings. The fourth-order valence-electron chi connectivity index (χ4n) is 4.12. The van der Waals surface area contributed by atoms with E-state index >= 15 is 0 Å². The molecule has 0 bridgehead atoms. The lowest BCUT2D eigenvalue weighted by molar-refractivity contribution is -0.122. The molecule has 30 heavy (non-hydrogen) atoms. The van der Waals surface area contributed by atoms with Gasteiger partial charge >= 0.3 is 0 Å². The summed E-state index contributed by atoms with van der Waals surface area (Å²) in [7, 11) is 0. The van der Waals surface area contributed by atoms with Gasteiger partial charge in [0.1, 0.15) is 0 Å². The van der Waals surface area contributed by atoms with Gasteiger partial charge in [0, 0.05) is 11.3 Å². The van der Waals surface area contributed by atoms with Crippen LogP contribution in [0.4, 0.5) is 11.4 Å². The number of hydrogen-bond donors (Lipinski definition) is 1. The minimum atomic E-state index is -0.425. The summed E-state index contributed by atoms with van der Waals surface area (Å²) in [5.74, 6) is -1.71. The molecule has 152 valence electrons. The molecule has 2 atom stereocenters. The predicted octanol–water partition coefficient (Wildman–Crippen LogP) is 3.99. The van der Waals surface area contributed by atoms with E-state index in [0.717, 1.165) is 5.57 Å². The van der Waals surface area contributed by atoms with Gasteiger partial charge in [-0.15, -0.1) is 0 Å². The molecule has 1 N–H and O–H groups in total. The minimum absolute atomic E-state index is 0.0597. The zero-order chi connectivity index (χ0) is 21.4. The molecule has 4 rings (SSSR count). The van der Waals surface area contributed by atoms with Crippen molar-refractivity contribution in [2.24, 2.45) is 11.8 Å². The fourth-order valence-corrected chi connectivity index (χ4v) is 4.12. The van der Waals surface area contributed by atoms with E-state index in [1.807, 2.05) is 13.0 Å². The number of amides is 3.